The van der Waals surface area contributed by atoms with Gasteiger partial charge in [-0.1, -0.05) is 39.7 Å². The summed E-state index contributed by atoms with van der Waals surface area (Å²) in [6.07, 6.45) is 4.62. The summed E-state index contributed by atoms with van der Waals surface area (Å²) in [5.41, 5.74) is 0. The third-order valence-corrected chi connectivity index (χ3v) is 2.16. The fraction of sp³-hybridized carbons (Fsp3) is 0.778. The summed E-state index contributed by atoms with van der Waals surface area (Å²) in [5, 5.41) is 0. The van der Waals surface area contributed by atoms with Crippen molar-refractivity contribution in [1.82, 2.24) is 0 Å². The van der Waals surface area contributed by atoms with E-state index in [1.54, 1.807) is 0 Å². The summed E-state index contributed by atoms with van der Waals surface area (Å²) in [4.78, 5) is 0. The average molecular weight is 126 g/mol. The molecule has 0 bridgehead atoms. The van der Waals surface area contributed by atoms with Gasteiger partial charge in [0, 0.05) is 0 Å². The van der Waals surface area contributed by atoms with Crippen molar-refractivity contribution in [2.75, 3.05) is 0 Å². The molecule has 0 heteroatoms. The number of allylic oxidation sites excluding steroid dienone is 1. The maximum Gasteiger partial charge on any atom is -0.0236 e. The molecule has 0 saturated carbocycles. The zero-order valence-corrected chi connectivity index (χ0v) is 6.85. The van der Waals surface area contributed by atoms with Crippen LogP contribution in [0, 0.1) is 11.8 Å². The molecule has 1 atom stereocenters. The van der Waals surface area contributed by atoms with Gasteiger partial charge in [0.05, 0.1) is 0 Å². The van der Waals surface area contributed by atoms with Crippen molar-refractivity contribution in [1.29, 1.82) is 0 Å². The summed E-state index contributed by atoms with van der Waals surface area (Å²) in [6.45, 7) is 10.5. The van der Waals surface area contributed by atoms with Crippen molar-refractivity contribution < 1.29 is 0 Å². The Bertz CT molecular complexity index is 70.1. The molecule has 9 heavy (non-hydrogen) atoms. The van der Waals surface area contributed by atoms with Crippen molar-refractivity contribution >= 4 is 0 Å². The van der Waals surface area contributed by atoms with Crippen LogP contribution in [0.15, 0.2) is 12.7 Å². The Morgan fingerprint density at radius 3 is 1.89 bits per heavy atom. The van der Waals surface area contributed by atoms with E-state index in [4.69, 9.17) is 0 Å². The van der Waals surface area contributed by atoms with E-state index < -0.39 is 0 Å². The summed E-state index contributed by atoms with van der Waals surface area (Å²) < 4.78 is 0. The molecule has 0 aliphatic heterocycles. The molecule has 0 fully saturated rings. The standard InChI is InChI=1S/C9H18/c1-5-8(4)9(6-2)7-3/h5,8-9H,1,6-7H2,2-4H3. The van der Waals surface area contributed by atoms with Crippen LogP contribution >= 0.6 is 0 Å². The van der Waals surface area contributed by atoms with E-state index in [0.717, 1.165) is 5.92 Å². The zero-order valence-electron chi connectivity index (χ0n) is 6.85. The molecular formula is C9H18. The molecule has 54 valence electrons. The van der Waals surface area contributed by atoms with Crippen molar-refractivity contribution in [2.24, 2.45) is 11.8 Å². The second-order valence-electron chi connectivity index (χ2n) is 2.67. The normalized spacial score (nSPS) is 13.8. The van der Waals surface area contributed by atoms with Gasteiger partial charge in [-0.05, 0) is 11.8 Å². The first-order chi connectivity index (χ1) is 4.26. The predicted octanol–water partition coefficient (Wildman–Crippen LogP) is 3.24. The van der Waals surface area contributed by atoms with Crippen LogP contribution in [0.1, 0.15) is 33.6 Å². The monoisotopic (exact) mass is 126 g/mol. The molecule has 0 aliphatic carbocycles. The Balaban J connectivity index is 3.63. The first-order valence-corrected chi connectivity index (χ1v) is 3.88. The van der Waals surface area contributed by atoms with E-state index in [9.17, 15) is 0 Å². The van der Waals surface area contributed by atoms with Crippen LogP contribution in [0.5, 0.6) is 0 Å². The Labute approximate surface area is 59.0 Å². The Morgan fingerprint density at radius 1 is 1.33 bits per heavy atom. The number of hydrogen-bond acceptors (Lipinski definition) is 0. The van der Waals surface area contributed by atoms with Crippen LogP contribution in [0.2, 0.25) is 0 Å². The van der Waals surface area contributed by atoms with Crippen LogP contribution in [-0.2, 0) is 0 Å². The SMILES string of the molecule is C=CC(C)C(CC)CC. The summed E-state index contributed by atoms with van der Waals surface area (Å²) in [6, 6.07) is 0. The zero-order chi connectivity index (χ0) is 7.28. The first kappa shape index (κ1) is 8.74. The molecule has 0 amide bonds. The lowest BCUT2D eigenvalue weighted by Gasteiger charge is -2.16. The van der Waals surface area contributed by atoms with Crippen LogP contribution in [0.4, 0.5) is 0 Å². The topological polar surface area (TPSA) is 0 Å². The highest BCUT2D eigenvalue weighted by Crippen LogP contribution is 2.19. The van der Waals surface area contributed by atoms with Gasteiger partial charge in [0.2, 0.25) is 0 Å². The molecule has 0 aromatic heterocycles. The van der Waals surface area contributed by atoms with Gasteiger partial charge in [-0.2, -0.15) is 0 Å². The predicted molar refractivity (Wildman–Crippen MR) is 43.4 cm³/mol. The maximum absolute atomic E-state index is 3.78. The van der Waals surface area contributed by atoms with Crippen LogP contribution < -0.4 is 0 Å². The second kappa shape index (κ2) is 4.60. The van der Waals surface area contributed by atoms with Gasteiger partial charge < -0.3 is 0 Å². The van der Waals surface area contributed by atoms with Gasteiger partial charge in [0.15, 0.2) is 0 Å². The second-order valence-corrected chi connectivity index (χ2v) is 2.67. The molecule has 0 heterocycles. The molecule has 0 radical (unpaired) electrons. The van der Waals surface area contributed by atoms with Crippen LogP contribution in [0.3, 0.4) is 0 Å². The van der Waals surface area contributed by atoms with E-state index in [0.29, 0.717) is 5.92 Å². The first-order valence-electron chi connectivity index (χ1n) is 3.88. The average Bonchev–Trinajstić information content (AvgIpc) is 1.90. The van der Waals surface area contributed by atoms with Gasteiger partial charge >= 0.3 is 0 Å². The Hall–Kier alpha value is -0.260. The molecule has 0 N–H and O–H groups in total. The summed E-state index contributed by atoms with van der Waals surface area (Å²) in [5.74, 6) is 1.54. The third kappa shape index (κ3) is 2.69. The molecule has 0 aliphatic rings. The maximum atomic E-state index is 3.78. The number of rotatable bonds is 4. The van der Waals surface area contributed by atoms with Gasteiger partial charge in [-0.25, -0.2) is 0 Å². The molecular weight excluding hydrogens is 108 g/mol. The lowest BCUT2D eigenvalue weighted by molar-refractivity contribution is 0.395. The lowest BCUT2D eigenvalue weighted by Crippen LogP contribution is -2.06. The van der Waals surface area contributed by atoms with Crippen LogP contribution in [-0.4, -0.2) is 0 Å². The highest BCUT2D eigenvalue weighted by atomic mass is 14.1. The lowest BCUT2D eigenvalue weighted by atomic mass is 9.90. The highest BCUT2D eigenvalue weighted by Gasteiger charge is 2.08. The minimum Gasteiger partial charge on any atom is -0.103 e. The number of hydrogen-bond donors (Lipinski definition) is 0. The molecule has 0 aromatic carbocycles. The van der Waals surface area contributed by atoms with Crippen LogP contribution in [0.25, 0.3) is 0 Å². The van der Waals surface area contributed by atoms with Crippen molar-refractivity contribution in [3.05, 3.63) is 12.7 Å². The fourth-order valence-corrected chi connectivity index (χ4v) is 1.22. The minimum absolute atomic E-state index is 0.694. The molecule has 0 saturated heterocycles. The van der Waals surface area contributed by atoms with Crippen molar-refractivity contribution in [3.63, 3.8) is 0 Å². The molecule has 0 spiro atoms. The molecule has 0 rings (SSSR count). The van der Waals surface area contributed by atoms with E-state index >= 15 is 0 Å². The quantitative estimate of drug-likeness (QED) is 0.507. The highest BCUT2D eigenvalue weighted by molar-refractivity contribution is 4.79. The molecule has 0 nitrogen and oxygen atoms in total. The fourth-order valence-electron chi connectivity index (χ4n) is 1.22. The van der Waals surface area contributed by atoms with E-state index in [1.165, 1.54) is 12.8 Å². The van der Waals surface area contributed by atoms with Crippen molar-refractivity contribution in [2.45, 2.75) is 33.6 Å². The van der Waals surface area contributed by atoms with Gasteiger partial charge in [0.1, 0.15) is 0 Å². The third-order valence-electron chi connectivity index (χ3n) is 2.16. The smallest absolute Gasteiger partial charge is 0.0236 e. The Kier molecular flexibility index (Phi) is 4.47. The van der Waals surface area contributed by atoms with E-state index in [1.807, 2.05) is 0 Å². The molecule has 0 aromatic rings. The minimum atomic E-state index is 0.694. The van der Waals surface area contributed by atoms with E-state index in [2.05, 4.69) is 33.4 Å². The van der Waals surface area contributed by atoms with Gasteiger partial charge in [0.25, 0.3) is 0 Å². The van der Waals surface area contributed by atoms with E-state index in [-0.39, 0.29) is 0 Å². The summed E-state index contributed by atoms with van der Waals surface area (Å²) >= 11 is 0. The van der Waals surface area contributed by atoms with Gasteiger partial charge in [-0.3, -0.25) is 0 Å². The summed E-state index contributed by atoms with van der Waals surface area (Å²) in [7, 11) is 0. The van der Waals surface area contributed by atoms with Crippen molar-refractivity contribution in [3.8, 4) is 0 Å². The Morgan fingerprint density at radius 2 is 1.78 bits per heavy atom. The molecule has 1 unspecified atom stereocenters. The van der Waals surface area contributed by atoms with Gasteiger partial charge in [-0.15, -0.1) is 6.58 Å². The largest absolute Gasteiger partial charge is 0.103 e.